The molecule has 136 valence electrons. The van der Waals surface area contributed by atoms with Crippen molar-refractivity contribution in [1.82, 2.24) is 0 Å². The molecule has 0 saturated carbocycles. The van der Waals surface area contributed by atoms with E-state index in [-0.39, 0.29) is 11.7 Å². The minimum absolute atomic E-state index is 0.151. The van der Waals surface area contributed by atoms with Crippen molar-refractivity contribution in [2.75, 3.05) is 17.3 Å². The van der Waals surface area contributed by atoms with Crippen molar-refractivity contribution in [3.05, 3.63) is 70.6 Å². The molecule has 0 aliphatic carbocycles. The number of benzene rings is 2. The second-order valence-electron chi connectivity index (χ2n) is 5.84. The van der Waals surface area contributed by atoms with Crippen LogP contribution in [0.1, 0.15) is 17.3 Å². The Hall–Kier alpha value is -2.31. The van der Waals surface area contributed by atoms with Gasteiger partial charge in [-0.2, -0.15) is 0 Å². The Labute approximate surface area is 157 Å². The molecule has 1 amide bonds. The van der Waals surface area contributed by atoms with Gasteiger partial charge in [-0.15, -0.1) is 0 Å². The molecule has 0 aromatic heterocycles. The highest BCUT2D eigenvalue weighted by atomic mass is 35.5. The lowest BCUT2D eigenvalue weighted by atomic mass is 10.1. The molecule has 5 nitrogen and oxygen atoms in total. The van der Waals surface area contributed by atoms with Gasteiger partial charge in [0, 0.05) is 21.7 Å². The molecule has 1 atom stereocenters. The van der Waals surface area contributed by atoms with Crippen LogP contribution in [0.4, 0.5) is 5.69 Å². The van der Waals surface area contributed by atoms with E-state index in [1.807, 2.05) is 6.92 Å². The molecule has 2 aromatic rings. The van der Waals surface area contributed by atoms with Crippen molar-refractivity contribution in [2.45, 2.75) is 13.0 Å². The lowest BCUT2D eigenvalue weighted by molar-refractivity contribution is 0.0983. The van der Waals surface area contributed by atoms with Crippen LogP contribution in [0, 0.1) is 0 Å². The van der Waals surface area contributed by atoms with Crippen LogP contribution in [-0.4, -0.2) is 32.7 Å². The van der Waals surface area contributed by atoms with Gasteiger partial charge in [0.05, 0.1) is 18.4 Å². The zero-order valence-electron chi connectivity index (χ0n) is 14.1. The van der Waals surface area contributed by atoms with E-state index in [0.29, 0.717) is 28.6 Å². The summed E-state index contributed by atoms with van der Waals surface area (Å²) in [7, 11) is -3.32. The van der Waals surface area contributed by atoms with Gasteiger partial charge in [-0.1, -0.05) is 17.7 Å². The zero-order chi connectivity index (χ0) is 18.7. The number of rotatable bonds is 5. The van der Waals surface area contributed by atoms with Gasteiger partial charge in [-0.05, 0) is 55.5 Å². The van der Waals surface area contributed by atoms with Gasteiger partial charge in [0.2, 0.25) is 0 Å². The van der Waals surface area contributed by atoms with Crippen molar-refractivity contribution in [1.29, 1.82) is 0 Å². The van der Waals surface area contributed by atoms with Gasteiger partial charge >= 0.3 is 0 Å². The number of nitrogens with zero attached hydrogens (tertiary/aromatic N) is 1. The van der Waals surface area contributed by atoms with E-state index >= 15 is 0 Å². The predicted molar refractivity (Wildman–Crippen MR) is 103 cm³/mol. The predicted octanol–water partition coefficient (Wildman–Crippen LogP) is 3.70. The van der Waals surface area contributed by atoms with Crippen LogP contribution in [-0.2, 0) is 9.84 Å². The summed E-state index contributed by atoms with van der Waals surface area (Å²) in [5, 5.41) is 1.62. The third-order valence-electron chi connectivity index (χ3n) is 3.96. The van der Waals surface area contributed by atoms with E-state index < -0.39 is 15.9 Å². The van der Waals surface area contributed by atoms with E-state index in [1.54, 1.807) is 48.5 Å². The summed E-state index contributed by atoms with van der Waals surface area (Å²) in [5.74, 6) is 0.214. The highest BCUT2D eigenvalue weighted by Crippen LogP contribution is 2.27. The van der Waals surface area contributed by atoms with E-state index in [0.717, 1.165) is 5.41 Å². The van der Waals surface area contributed by atoms with Gasteiger partial charge < -0.3 is 9.64 Å². The van der Waals surface area contributed by atoms with Crippen LogP contribution < -0.4 is 9.64 Å². The first-order valence-corrected chi connectivity index (χ1v) is 10.2. The molecule has 7 heteroatoms. The van der Waals surface area contributed by atoms with E-state index in [9.17, 15) is 13.2 Å². The maximum absolute atomic E-state index is 13.1. The van der Waals surface area contributed by atoms with E-state index in [1.165, 1.54) is 11.0 Å². The van der Waals surface area contributed by atoms with Crippen LogP contribution in [0.2, 0.25) is 5.02 Å². The Morgan fingerprint density at radius 3 is 2.54 bits per heavy atom. The highest BCUT2D eigenvalue weighted by molar-refractivity contribution is 7.94. The Morgan fingerprint density at radius 1 is 1.23 bits per heavy atom. The first-order valence-electron chi connectivity index (χ1n) is 8.12. The first-order chi connectivity index (χ1) is 12.4. The number of hydrogen-bond acceptors (Lipinski definition) is 4. The number of anilines is 1. The van der Waals surface area contributed by atoms with Gasteiger partial charge in [0.15, 0.2) is 9.84 Å². The molecule has 0 fully saturated rings. The standard InChI is InChI=1S/C19H18ClNO4S/c1-2-25-18-8-6-14(7-9-18)19(22)21(16-5-3-4-15(20)12-16)17-10-11-26(23,24)13-17/h3-12,17H,2,13H2,1H3. The Bertz CT molecular complexity index is 938. The molecule has 0 N–H and O–H groups in total. The largest absolute Gasteiger partial charge is 0.494 e. The van der Waals surface area contributed by atoms with Crippen LogP contribution in [0.5, 0.6) is 5.75 Å². The molecule has 0 radical (unpaired) electrons. The maximum atomic E-state index is 13.1. The van der Waals surface area contributed by atoms with E-state index in [4.69, 9.17) is 16.3 Å². The average Bonchev–Trinajstić information content (AvgIpc) is 2.95. The average molecular weight is 392 g/mol. The molecule has 1 aliphatic heterocycles. The molecule has 1 unspecified atom stereocenters. The number of carbonyl (C=O) groups is 1. The van der Waals surface area contributed by atoms with Crippen LogP contribution in [0.15, 0.2) is 60.0 Å². The molecule has 3 rings (SSSR count). The van der Waals surface area contributed by atoms with Crippen LogP contribution in [0.25, 0.3) is 0 Å². The Balaban J connectivity index is 1.97. The first kappa shape index (κ1) is 18.5. The molecule has 0 saturated heterocycles. The smallest absolute Gasteiger partial charge is 0.258 e. The molecule has 0 spiro atoms. The summed E-state index contributed by atoms with van der Waals surface area (Å²) in [6, 6.07) is 13.0. The van der Waals surface area contributed by atoms with Crippen molar-refractivity contribution in [2.24, 2.45) is 0 Å². The number of amides is 1. The van der Waals surface area contributed by atoms with Crippen molar-refractivity contribution < 1.29 is 17.9 Å². The summed E-state index contributed by atoms with van der Waals surface area (Å²) in [6.07, 6.45) is 1.53. The van der Waals surface area contributed by atoms with E-state index in [2.05, 4.69) is 0 Å². The summed E-state index contributed by atoms with van der Waals surface area (Å²) < 4.78 is 29.1. The van der Waals surface area contributed by atoms with Crippen LogP contribution in [0.3, 0.4) is 0 Å². The fraction of sp³-hybridized carbons (Fsp3) is 0.211. The third-order valence-corrected chi connectivity index (χ3v) is 5.57. The lowest BCUT2D eigenvalue weighted by Crippen LogP contribution is -2.41. The van der Waals surface area contributed by atoms with Crippen molar-refractivity contribution in [3.8, 4) is 5.75 Å². The minimum atomic E-state index is -3.32. The highest BCUT2D eigenvalue weighted by Gasteiger charge is 2.32. The zero-order valence-corrected chi connectivity index (χ0v) is 15.7. The SMILES string of the molecule is CCOc1ccc(C(=O)N(c2cccc(Cl)c2)C2C=CS(=O)(=O)C2)cc1. The summed E-state index contributed by atoms with van der Waals surface area (Å²) in [6.45, 7) is 2.42. The molecule has 1 heterocycles. The van der Waals surface area contributed by atoms with Gasteiger partial charge in [-0.3, -0.25) is 4.79 Å². The second-order valence-corrected chi connectivity index (χ2v) is 8.21. The molecule has 1 aliphatic rings. The third kappa shape index (κ3) is 4.08. The summed E-state index contributed by atoms with van der Waals surface area (Å²) >= 11 is 6.07. The van der Waals surface area contributed by atoms with Gasteiger partial charge in [0.25, 0.3) is 5.91 Å². The normalized spacial score (nSPS) is 17.8. The number of ether oxygens (including phenoxy) is 1. The quantitative estimate of drug-likeness (QED) is 0.779. The Morgan fingerprint density at radius 2 is 1.96 bits per heavy atom. The number of carbonyl (C=O) groups excluding carboxylic acids is 1. The number of hydrogen-bond donors (Lipinski definition) is 0. The van der Waals surface area contributed by atoms with Gasteiger partial charge in [0.1, 0.15) is 5.75 Å². The topological polar surface area (TPSA) is 63.7 Å². The lowest BCUT2D eigenvalue weighted by Gasteiger charge is -2.28. The van der Waals surface area contributed by atoms with Gasteiger partial charge in [-0.25, -0.2) is 8.42 Å². The molecule has 2 aromatic carbocycles. The molecular formula is C19H18ClNO4S. The molecule has 26 heavy (non-hydrogen) atoms. The Kier molecular flexibility index (Phi) is 5.34. The summed E-state index contributed by atoms with van der Waals surface area (Å²) in [4.78, 5) is 14.6. The number of sulfone groups is 1. The maximum Gasteiger partial charge on any atom is 0.258 e. The van der Waals surface area contributed by atoms with Crippen LogP contribution >= 0.6 is 11.6 Å². The van der Waals surface area contributed by atoms with Crippen molar-refractivity contribution >= 4 is 33.0 Å². The fourth-order valence-electron chi connectivity index (χ4n) is 2.80. The minimum Gasteiger partial charge on any atom is -0.494 e. The fourth-order valence-corrected chi connectivity index (χ4v) is 4.26. The molecule has 0 bridgehead atoms. The monoisotopic (exact) mass is 391 g/mol. The second kappa shape index (κ2) is 7.51. The summed E-state index contributed by atoms with van der Waals surface area (Å²) in [5.41, 5.74) is 0.981. The van der Waals surface area contributed by atoms with Crippen molar-refractivity contribution in [3.63, 3.8) is 0 Å². The number of halogens is 1. The molecular weight excluding hydrogens is 374 g/mol.